The number of rotatable bonds is 3. The van der Waals surface area contributed by atoms with Crippen LogP contribution in [0.15, 0.2) is 35.1 Å². The Bertz CT molecular complexity index is 663. The number of nitrogens with one attached hydrogen (secondary N) is 2. The van der Waals surface area contributed by atoms with Crippen LogP contribution in [-0.2, 0) is 19.3 Å². The first-order valence-corrected chi connectivity index (χ1v) is 7.18. The first kappa shape index (κ1) is 12.9. The average molecular weight is 269 g/mol. The van der Waals surface area contributed by atoms with Crippen molar-refractivity contribution in [1.82, 2.24) is 9.97 Å². The Kier molecular flexibility index (Phi) is 3.54. The minimum atomic E-state index is -0.0874. The molecule has 0 amide bonds. The highest BCUT2D eigenvalue weighted by molar-refractivity contribution is 5.38. The van der Waals surface area contributed by atoms with Crippen molar-refractivity contribution >= 4 is 5.82 Å². The van der Waals surface area contributed by atoms with Crippen molar-refractivity contribution < 1.29 is 0 Å². The Morgan fingerprint density at radius 1 is 1.35 bits per heavy atom. The smallest absolute Gasteiger partial charge is 0.252 e. The molecule has 0 saturated heterocycles. The predicted octanol–water partition coefficient (Wildman–Crippen LogP) is 2.30. The van der Waals surface area contributed by atoms with Crippen molar-refractivity contribution in [1.29, 1.82) is 0 Å². The fourth-order valence-corrected chi connectivity index (χ4v) is 2.78. The van der Waals surface area contributed by atoms with Crippen LogP contribution in [0.4, 0.5) is 5.82 Å². The number of nitrogens with zero attached hydrogens (tertiary/aromatic N) is 1. The summed E-state index contributed by atoms with van der Waals surface area (Å²) >= 11 is 0. The Labute approximate surface area is 118 Å². The van der Waals surface area contributed by atoms with Crippen molar-refractivity contribution in [3.05, 3.63) is 57.6 Å². The average Bonchev–Trinajstić information content (AvgIpc) is 2.46. The van der Waals surface area contributed by atoms with E-state index in [0.717, 1.165) is 31.5 Å². The van der Waals surface area contributed by atoms with Gasteiger partial charge in [-0.05, 0) is 30.4 Å². The Morgan fingerprint density at radius 3 is 2.95 bits per heavy atom. The van der Waals surface area contributed by atoms with Gasteiger partial charge in [0.2, 0.25) is 0 Å². The van der Waals surface area contributed by atoms with Crippen molar-refractivity contribution in [2.24, 2.45) is 0 Å². The van der Waals surface area contributed by atoms with Gasteiger partial charge in [0.25, 0.3) is 5.56 Å². The second kappa shape index (κ2) is 5.49. The van der Waals surface area contributed by atoms with E-state index in [-0.39, 0.29) is 5.56 Å². The molecule has 0 bridgehead atoms. The summed E-state index contributed by atoms with van der Waals surface area (Å²) in [6.45, 7) is 1.99. The zero-order valence-corrected chi connectivity index (χ0v) is 11.6. The van der Waals surface area contributed by atoms with Gasteiger partial charge in [-0.1, -0.05) is 31.2 Å². The monoisotopic (exact) mass is 269 g/mol. The molecule has 20 heavy (non-hydrogen) atoms. The molecule has 1 aliphatic carbocycles. The fraction of sp³-hybridized carbons (Fsp3) is 0.375. The van der Waals surface area contributed by atoms with Gasteiger partial charge in [0.15, 0.2) is 0 Å². The molecule has 0 fully saturated rings. The Morgan fingerprint density at radius 2 is 2.15 bits per heavy atom. The lowest BCUT2D eigenvalue weighted by molar-refractivity contribution is 0.608. The molecule has 4 nitrogen and oxygen atoms in total. The van der Waals surface area contributed by atoms with Gasteiger partial charge in [-0.15, -0.1) is 0 Å². The third-order valence-electron chi connectivity index (χ3n) is 3.82. The van der Waals surface area contributed by atoms with E-state index >= 15 is 0 Å². The highest BCUT2D eigenvalue weighted by Gasteiger charge is 2.18. The van der Waals surface area contributed by atoms with Gasteiger partial charge in [0.1, 0.15) is 11.6 Å². The summed E-state index contributed by atoms with van der Waals surface area (Å²) in [5, 5.41) is 3.41. The molecule has 1 aromatic carbocycles. The maximum Gasteiger partial charge on any atom is 0.252 e. The molecule has 1 aromatic heterocycles. The van der Waals surface area contributed by atoms with Crippen LogP contribution in [0, 0.1) is 0 Å². The summed E-state index contributed by atoms with van der Waals surface area (Å²) in [5.41, 5.74) is 2.76. The number of hydrogen-bond donors (Lipinski definition) is 2. The summed E-state index contributed by atoms with van der Waals surface area (Å²) in [6.07, 6.45) is 3.88. The zero-order valence-electron chi connectivity index (χ0n) is 11.6. The lowest BCUT2D eigenvalue weighted by atomic mass is 9.88. The molecule has 3 rings (SSSR count). The van der Waals surface area contributed by atoms with Crippen LogP contribution in [0.1, 0.15) is 30.3 Å². The Balaban J connectivity index is 1.77. The minimum Gasteiger partial charge on any atom is -0.367 e. The molecule has 1 unspecified atom stereocenters. The molecule has 0 saturated carbocycles. The van der Waals surface area contributed by atoms with Crippen LogP contribution in [0.2, 0.25) is 0 Å². The van der Waals surface area contributed by atoms with Crippen LogP contribution < -0.4 is 10.9 Å². The van der Waals surface area contributed by atoms with E-state index < -0.39 is 0 Å². The van der Waals surface area contributed by atoms with E-state index in [1.165, 1.54) is 11.1 Å². The maximum atomic E-state index is 11.6. The number of H-pyrrole nitrogens is 1. The van der Waals surface area contributed by atoms with Crippen LogP contribution in [0.5, 0.6) is 0 Å². The summed E-state index contributed by atoms with van der Waals surface area (Å²) in [7, 11) is 0. The molecular formula is C16H19N3O. The minimum absolute atomic E-state index is 0.0874. The molecule has 1 atom stereocenters. The summed E-state index contributed by atoms with van der Waals surface area (Å²) in [4.78, 5) is 18.8. The lowest BCUT2D eigenvalue weighted by Gasteiger charge is -2.25. The largest absolute Gasteiger partial charge is 0.367 e. The van der Waals surface area contributed by atoms with Crippen LogP contribution >= 0.6 is 0 Å². The molecule has 1 aliphatic rings. The van der Waals surface area contributed by atoms with E-state index in [1.807, 2.05) is 6.92 Å². The molecule has 4 heteroatoms. The maximum absolute atomic E-state index is 11.6. The fourth-order valence-electron chi connectivity index (χ4n) is 2.78. The molecule has 2 aromatic rings. The molecule has 0 aliphatic heterocycles. The van der Waals surface area contributed by atoms with Gasteiger partial charge in [-0.25, -0.2) is 4.98 Å². The molecular weight excluding hydrogens is 250 g/mol. The van der Waals surface area contributed by atoms with E-state index in [9.17, 15) is 4.79 Å². The molecule has 0 spiro atoms. The zero-order chi connectivity index (χ0) is 13.9. The molecule has 2 N–H and O–H groups in total. The number of anilines is 1. The number of aromatic amines is 1. The third-order valence-corrected chi connectivity index (χ3v) is 3.82. The van der Waals surface area contributed by atoms with Crippen molar-refractivity contribution in [3.63, 3.8) is 0 Å². The van der Waals surface area contributed by atoms with Gasteiger partial charge in [0.05, 0.1) is 0 Å². The standard InChI is InChI=1S/C16H19N3O/c1-2-14-18-15(10-16(20)19-14)17-13-8-7-11-5-3-4-6-12(11)9-13/h3-6,10,13H,2,7-9H2,1H3,(H2,17,18,19,20). The van der Waals surface area contributed by atoms with Gasteiger partial charge in [-0.3, -0.25) is 4.79 Å². The van der Waals surface area contributed by atoms with Crippen molar-refractivity contribution in [2.45, 2.75) is 38.6 Å². The van der Waals surface area contributed by atoms with Crippen molar-refractivity contribution in [2.75, 3.05) is 5.32 Å². The summed E-state index contributed by atoms with van der Waals surface area (Å²) < 4.78 is 0. The second-order valence-corrected chi connectivity index (χ2v) is 5.28. The van der Waals surface area contributed by atoms with E-state index in [0.29, 0.717) is 11.9 Å². The van der Waals surface area contributed by atoms with E-state index in [4.69, 9.17) is 0 Å². The quantitative estimate of drug-likeness (QED) is 0.899. The predicted molar refractivity (Wildman–Crippen MR) is 80.1 cm³/mol. The number of aryl methyl sites for hydroxylation is 2. The first-order valence-electron chi connectivity index (χ1n) is 7.18. The van der Waals surface area contributed by atoms with E-state index in [1.54, 1.807) is 6.07 Å². The number of benzene rings is 1. The van der Waals surface area contributed by atoms with Gasteiger partial charge < -0.3 is 10.3 Å². The Hall–Kier alpha value is -2.10. The molecule has 104 valence electrons. The second-order valence-electron chi connectivity index (χ2n) is 5.28. The SMILES string of the molecule is CCc1nc(NC2CCc3ccccc3C2)cc(=O)[nH]1. The highest BCUT2D eigenvalue weighted by Crippen LogP contribution is 2.22. The summed E-state index contributed by atoms with van der Waals surface area (Å²) in [6, 6.07) is 10.5. The van der Waals surface area contributed by atoms with Gasteiger partial charge >= 0.3 is 0 Å². The molecule has 1 heterocycles. The van der Waals surface area contributed by atoms with Gasteiger partial charge in [-0.2, -0.15) is 0 Å². The number of fused-ring (bicyclic) bond motifs is 1. The number of hydrogen-bond acceptors (Lipinski definition) is 3. The third kappa shape index (κ3) is 2.74. The molecule has 0 radical (unpaired) electrons. The van der Waals surface area contributed by atoms with E-state index in [2.05, 4.69) is 39.6 Å². The van der Waals surface area contributed by atoms with Crippen LogP contribution in [0.3, 0.4) is 0 Å². The van der Waals surface area contributed by atoms with Crippen LogP contribution in [-0.4, -0.2) is 16.0 Å². The summed E-state index contributed by atoms with van der Waals surface area (Å²) in [5.74, 6) is 1.42. The topological polar surface area (TPSA) is 57.8 Å². The number of aromatic nitrogens is 2. The van der Waals surface area contributed by atoms with Crippen molar-refractivity contribution in [3.8, 4) is 0 Å². The highest BCUT2D eigenvalue weighted by atomic mass is 16.1. The van der Waals surface area contributed by atoms with Gasteiger partial charge in [0, 0.05) is 18.5 Å². The van der Waals surface area contributed by atoms with Crippen LogP contribution in [0.25, 0.3) is 0 Å². The normalized spacial score (nSPS) is 17.6. The lowest BCUT2D eigenvalue weighted by Crippen LogP contribution is -2.28. The first-order chi connectivity index (χ1) is 9.74.